The molecule has 2 atom stereocenters. The molecule has 22 heavy (non-hydrogen) atoms. The minimum atomic E-state index is 0.284. The standard InChI is InChI=1S/C19H28N2O/c1-15(13-16-5-3-2-4-6-16)18-14-19(18)20-17-7-9-21(10-8-17)11-12-22/h2-6,13,17-20,22H,7-12,14H2,1H3/b15-13+/t18-,19+/m0/s1. The van der Waals surface area contributed by atoms with Gasteiger partial charge < -0.3 is 15.3 Å². The van der Waals surface area contributed by atoms with E-state index >= 15 is 0 Å². The van der Waals surface area contributed by atoms with Crippen LogP contribution >= 0.6 is 0 Å². The van der Waals surface area contributed by atoms with E-state index < -0.39 is 0 Å². The van der Waals surface area contributed by atoms with E-state index in [2.05, 4.69) is 53.5 Å². The number of benzene rings is 1. The van der Waals surface area contributed by atoms with E-state index in [1.165, 1.54) is 30.4 Å². The third kappa shape index (κ3) is 4.19. The quantitative estimate of drug-likeness (QED) is 0.847. The summed E-state index contributed by atoms with van der Waals surface area (Å²) < 4.78 is 0. The minimum Gasteiger partial charge on any atom is -0.395 e. The molecule has 0 aromatic heterocycles. The number of hydrogen-bond donors (Lipinski definition) is 2. The SMILES string of the molecule is C/C(=C\c1ccccc1)[C@@H]1C[C@H]1NC1CCN(CCO)CC1. The van der Waals surface area contributed by atoms with Crippen LogP contribution in [0.4, 0.5) is 0 Å². The first-order valence-corrected chi connectivity index (χ1v) is 8.59. The first-order valence-electron chi connectivity index (χ1n) is 8.59. The molecular weight excluding hydrogens is 272 g/mol. The third-order valence-corrected chi connectivity index (χ3v) is 5.02. The van der Waals surface area contributed by atoms with Gasteiger partial charge in [0.1, 0.15) is 0 Å². The maximum Gasteiger partial charge on any atom is 0.0558 e. The Morgan fingerprint density at radius 2 is 2.00 bits per heavy atom. The van der Waals surface area contributed by atoms with Gasteiger partial charge in [0.25, 0.3) is 0 Å². The molecule has 0 amide bonds. The van der Waals surface area contributed by atoms with Crippen LogP contribution in [0.15, 0.2) is 35.9 Å². The molecule has 0 radical (unpaired) electrons. The molecule has 3 rings (SSSR count). The molecule has 3 nitrogen and oxygen atoms in total. The average molecular weight is 300 g/mol. The largest absolute Gasteiger partial charge is 0.395 e. The molecule has 1 aliphatic heterocycles. The molecule has 3 heteroatoms. The number of nitrogens with one attached hydrogen (secondary N) is 1. The lowest BCUT2D eigenvalue weighted by atomic mass is 10.0. The van der Waals surface area contributed by atoms with Crippen LogP contribution in [0.25, 0.3) is 6.08 Å². The maximum absolute atomic E-state index is 8.99. The summed E-state index contributed by atoms with van der Waals surface area (Å²) in [6, 6.07) is 11.9. The Balaban J connectivity index is 1.44. The number of aliphatic hydroxyl groups is 1. The highest BCUT2D eigenvalue weighted by Crippen LogP contribution is 2.38. The highest BCUT2D eigenvalue weighted by molar-refractivity contribution is 5.53. The van der Waals surface area contributed by atoms with Crippen LogP contribution in [-0.4, -0.2) is 48.3 Å². The molecule has 1 heterocycles. The van der Waals surface area contributed by atoms with Gasteiger partial charge in [-0.05, 0) is 50.8 Å². The second-order valence-corrected chi connectivity index (χ2v) is 6.75. The highest BCUT2D eigenvalue weighted by atomic mass is 16.3. The van der Waals surface area contributed by atoms with Crippen LogP contribution in [-0.2, 0) is 0 Å². The van der Waals surface area contributed by atoms with E-state index in [1.54, 1.807) is 0 Å². The fourth-order valence-corrected chi connectivity index (χ4v) is 3.57. The van der Waals surface area contributed by atoms with Gasteiger partial charge in [-0.2, -0.15) is 0 Å². The minimum absolute atomic E-state index is 0.284. The molecule has 1 aromatic carbocycles. The van der Waals surface area contributed by atoms with Gasteiger partial charge in [0.05, 0.1) is 6.61 Å². The van der Waals surface area contributed by atoms with Crippen molar-refractivity contribution in [1.82, 2.24) is 10.2 Å². The fraction of sp³-hybridized carbons (Fsp3) is 0.579. The van der Waals surface area contributed by atoms with E-state index in [4.69, 9.17) is 5.11 Å². The van der Waals surface area contributed by atoms with Gasteiger partial charge >= 0.3 is 0 Å². The molecule has 1 aromatic rings. The number of likely N-dealkylation sites (tertiary alicyclic amines) is 1. The number of hydrogen-bond acceptors (Lipinski definition) is 3. The van der Waals surface area contributed by atoms with E-state index in [-0.39, 0.29) is 6.61 Å². The lowest BCUT2D eigenvalue weighted by Crippen LogP contribution is -2.44. The molecular formula is C19H28N2O. The third-order valence-electron chi connectivity index (χ3n) is 5.02. The van der Waals surface area contributed by atoms with Crippen molar-refractivity contribution >= 4 is 6.08 Å². The first kappa shape index (κ1) is 15.7. The lowest BCUT2D eigenvalue weighted by molar-refractivity contribution is 0.156. The normalized spacial score (nSPS) is 27.1. The highest BCUT2D eigenvalue weighted by Gasteiger charge is 2.39. The lowest BCUT2D eigenvalue weighted by Gasteiger charge is -2.32. The van der Waals surface area contributed by atoms with Crippen molar-refractivity contribution in [2.45, 2.75) is 38.3 Å². The van der Waals surface area contributed by atoms with Crippen LogP contribution in [0.3, 0.4) is 0 Å². The van der Waals surface area contributed by atoms with E-state index in [9.17, 15) is 0 Å². The molecule has 1 saturated carbocycles. The van der Waals surface area contributed by atoms with E-state index in [0.29, 0.717) is 12.1 Å². The zero-order valence-electron chi connectivity index (χ0n) is 13.5. The Labute approximate surface area is 134 Å². The summed E-state index contributed by atoms with van der Waals surface area (Å²) in [5.41, 5.74) is 2.81. The molecule has 0 unspecified atom stereocenters. The topological polar surface area (TPSA) is 35.5 Å². The zero-order chi connectivity index (χ0) is 15.4. The molecule has 2 aliphatic rings. The maximum atomic E-state index is 8.99. The summed E-state index contributed by atoms with van der Waals surface area (Å²) in [5.74, 6) is 0.718. The van der Waals surface area contributed by atoms with Crippen LogP contribution in [0.5, 0.6) is 0 Å². The molecule has 0 bridgehead atoms. The second-order valence-electron chi connectivity index (χ2n) is 6.75. The van der Waals surface area contributed by atoms with Crippen molar-refractivity contribution < 1.29 is 5.11 Å². The zero-order valence-corrected chi connectivity index (χ0v) is 13.5. The number of aliphatic hydroxyl groups excluding tert-OH is 1. The van der Waals surface area contributed by atoms with Crippen molar-refractivity contribution in [3.8, 4) is 0 Å². The number of piperidine rings is 1. The molecule has 1 saturated heterocycles. The second kappa shape index (κ2) is 7.40. The van der Waals surface area contributed by atoms with Gasteiger partial charge in [0.15, 0.2) is 0 Å². The van der Waals surface area contributed by atoms with Gasteiger partial charge in [0.2, 0.25) is 0 Å². The van der Waals surface area contributed by atoms with Crippen molar-refractivity contribution in [1.29, 1.82) is 0 Å². The molecule has 2 N–H and O–H groups in total. The van der Waals surface area contributed by atoms with Gasteiger partial charge in [-0.25, -0.2) is 0 Å². The molecule has 0 spiro atoms. The van der Waals surface area contributed by atoms with Crippen LogP contribution < -0.4 is 5.32 Å². The average Bonchev–Trinajstić information content (AvgIpc) is 3.30. The molecule has 120 valence electrons. The van der Waals surface area contributed by atoms with Crippen LogP contribution in [0.1, 0.15) is 31.7 Å². The summed E-state index contributed by atoms with van der Waals surface area (Å²) in [6.07, 6.45) is 6.04. The fourth-order valence-electron chi connectivity index (χ4n) is 3.57. The predicted octanol–water partition coefficient (Wildman–Crippen LogP) is 2.52. The van der Waals surface area contributed by atoms with Gasteiger partial charge in [-0.15, -0.1) is 0 Å². The smallest absolute Gasteiger partial charge is 0.0558 e. The van der Waals surface area contributed by atoms with Gasteiger partial charge in [-0.3, -0.25) is 0 Å². The Kier molecular flexibility index (Phi) is 5.29. The summed E-state index contributed by atoms with van der Waals surface area (Å²) in [7, 11) is 0. The molecule has 1 aliphatic carbocycles. The molecule has 2 fully saturated rings. The summed E-state index contributed by atoms with van der Waals surface area (Å²) >= 11 is 0. The number of nitrogens with zero attached hydrogens (tertiary/aromatic N) is 1. The Hall–Kier alpha value is -1.16. The van der Waals surface area contributed by atoms with E-state index in [0.717, 1.165) is 25.6 Å². The van der Waals surface area contributed by atoms with Crippen LogP contribution in [0, 0.1) is 5.92 Å². The van der Waals surface area contributed by atoms with Crippen molar-refractivity contribution in [3.05, 3.63) is 41.5 Å². The van der Waals surface area contributed by atoms with E-state index in [1.807, 2.05) is 0 Å². The van der Waals surface area contributed by atoms with Gasteiger partial charge in [0, 0.05) is 18.6 Å². The number of rotatable bonds is 6. The van der Waals surface area contributed by atoms with Crippen molar-refractivity contribution in [2.75, 3.05) is 26.2 Å². The Morgan fingerprint density at radius 3 is 2.68 bits per heavy atom. The summed E-state index contributed by atoms with van der Waals surface area (Å²) in [4.78, 5) is 2.36. The predicted molar refractivity (Wildman–Crippen MR) is 91.7 cm³/mol. The monoisotopic (exact) mass is 300 g/mol. The number of β-amino-alcohol motifs (C(OH)–C–C–N with tert-alkyl or cyclic N) is 1. The van der Waals surface area contributed by atoms with Crippen molar-refractivity contribution in [3.63, 3.8) is 0 Å². The Morgan fingerprint density at radius 1 is 1.27 bits per heavy atom. The summed E-state index contributed by atoms with van der Waals surface area (Å²) in [6.45, 7) is 5.62. The van der Waals surface area contributed by atoms with Gasteiger partial charge in [-0.1, -0.05) is 42.0 Å². The summed E-state index contributed by atoms with van der Waals surface area (Å²) in [5, 5.41) is 12.8. The van der Waals surface area contributed by atoms with Crippen molar-refractivity contribution in [2.24, 2.45) is 5.92 Å². The Bertz CT molecular complexity index is 491. The van der Waals surface area contributed by atoms with Crippen LogP contribution in [0.2, 0.25) is 0 Å². The first-order chi connectivity index (χ1) is 10.8.